The summed E-state index contributed by atoms with van der Waals surface area (Å²) in [5.74, 6) is -0.858. The molecule has 2 unspecified atom stereocenters. The quantitative estimate of drug-likeness (QED) is 0.893. The van der Waals surface area contributed by atoms with Crippen molar-refractivity contribution in [3.63, 3.8) is 0 Å². The van der Waals surface area contributed by atoms with Crippen LogP contribution in [-0.4, -0.2) is 29.1 Å². The van der Waals surface area contributed by atoms with E-state index in [9.17, 15) is 4.79 Å². The Morgan fingerprint density at radius 2 is 2.17 bits per heavy atom. The summed E-state index contributed by atoms with van der Waals surface area (Å²) in [6, 6.07) is 6.78. The van der Waals surface area contributed by atoms with Crippen molar-refractivity contribution in [2.24, 2.45) is 5.92 Å². The van der Waals surface area contributed by atoms with Crippen LogP contribution in [0.25, 0.3) is 0 Å². The van der Waals surface area contributed by atoms with E-state index in [0.29, 0.717) is 12.6 Å². The summed E-state index contributed by atoms with van der Waals surface area (Å²) in [6.07, 6.45) is 0.768. The number of carboxylic acids is 1. The van der Waals surface area contributed by atoms with E-state index in [4.69, 9.17) is 5.11 Å². The van der Waals surface area contributed by atoms with Crippen molar-refractivity contribution in [2.45, 2.75) is 33.2 Å². The van der Waals surface area contributed by atoms with Crippen molar-refractivity contribution < 1.29 is 9.90 Å². The molecule has 1 aliphatic heterocycles. The molecule has 0 radical (unpaired) electrons. The van der Waals surface area contributed by atoms with Gasteiger partial charge in [-0.25, -0.2) is 0 Å². The molecule has 1 aliphatic rings. The van der Waals surface area contributed by atoms with Gasteiger partial charge in [-0.2, -0.15) is 0 Å². The molecule has 1 N–H and O–H groups in total. The highest BCUT2D eigenvalue weighted by Crippen LogP contribution is 2.29. The zero-order valence-electron chi connectivity index (χ0n) is 11.3. The molecular weight excluding hydrogens is 226 g/mol. The SMILES string of the molecule is Cc1ccc(C)c(C(C)N2CCC(C(=O)O)C2)c1. The lowest BCUT2D eigenvalue weighted by Crippen LogP contribution is -2.26. The third-order valence-corrected chi connectivity index (χ3v) is 4.00. The summed E-state index contributed by atoms with van der Waals surface area (Å²) in [6.45, 7) is 7.94. The van der Waals surface area contributed by atoms with Crippen molar-refractivity contribution in [3.8, 4) is 0 Å². The van der Waals surface area contributed by atoms with Crippen LogP contribution in [0.3, 0.4) is 0 Å². The maximum atomic E-state index is 11.0. The Bertz CT molecular complexity index is 456. The number of hydrogen-bond acceptors (Lipinski definition) is 2. The molecule has 0 amide bonds. The van der Waals surface area contributed by atoms with Crippen molar-refractivity contribution >= 4 is 5.97 Å². The summed E-state index contributed by atoms with van der Waals surface area (Å²) >= 11 is 0. The first-order valence-corrected chi connectivity index (χ1v) is 6.53. The van der Waals surface area contributed by atoms with Crippen LogP contribution in [0.5, 0.6) is 0 Å². The fraction of sp³-hybridized carbons (Fsp3) is 0.533. The van der Waals surface area contributed by atoms with Gasteiger partial charge in [-0.05, 0) is 44.9 Å². The van der Waals surface area contributed by atoms with Crippen LogP contribution in [0.2, 0.25) is 0 Å². The minimum Gasteiger partial charge on any atom is -0.481 e. The largest absolute Gasteiger partial charge is 0.481 e. The molecule has 3 nitrogen and oxygen atoms in total. The number of likely N-dealkylation sites (tertiary alicyclic amines) is 1. The van der Waals surface area contributed by atoms with Crippen LogP contribution in [-0.2, 0) is 4.79 Å². The molecule has 1 fully saturated rings. The van der Waals surface area contributed by atoms with Gasteiger partial charge in [-0.3, -0.25) is 9.69 Å². The van der Waals surface area contributed by atoms with Crippen molar-refractivity contribution in [2.75, 3.05) is 13.1 Å². The fourth-order valence-electron chi connectivity index (χ4n) is 2.75. The fourth-order valence-corrected chi connectivity index (χ4v) is 2.75. The van der Waals surface area contributed by atoms with E-state index in [1.54, 1.807) is 0 Å². The number of rotatable bonds is 3. The van der Waals surface area contributed by atoms with Gasteiger partial charge in [0.1, 0.15) is 0 Å². The van der Waals surface area contributed by atoms with Crippen LogP contribution >= 0.6 is 0 Å². The van der Waals surface area contributed by atoms with Gasteiger partial charge in [0.05, 0.1) is 5.92 Å². The van der Waals surface area contributed by atoms with Gasteiger partial charge in [0.15, 0.2) is 0 Å². The lowest BCUT2D eigenvalue weighted by molar-refractivity contribution is -0.141. The van der Waals surface area contributed by atoms with E-state index in [1.807, 2.05) is 0 Å². The molecule has 2 atom stereocenters. The second kappa shape index (κ2) is 5.11. The highest BCUT2D eigenvalue weighted by molar-refractivity contribution is 5.70. The van der Waals surface area contributed by atoms with Crippen LogP contribution in [0.1, 0.15) is 36.1 Å². The van der Waals surface area contributed by atoms with Crippen LogP contribution in [0, 0.1) is 19.8 Å². The molecular formula is C15H21NO2. The smallest absolute Gasteiger partial charge is 0.307 e. The van der Waals surface area contributed by atoms with Gasteiger partial charge in [0.2, 0.25) is 0 Å². The maximum Gasteiger partial charge on any atom is 0.307 e. The Morgan fingerprint density at radius 3 is 2.78 bits per heavy atom. The number of aryl methyl sites for hydroxylation is 2. The van der Waals surface area contributed by atoms with Gasteiger partial charge in [-0.1, -0.05) is 23.8 Å². The first-order chi connectivity index (χ1) is 8.49. The molecule has 98 valence electrons. The highest BCUT2D eigenvalue weighted by atomic mass is 16.4. The van der Waals surface area contributed by atoms with E-state index < -0.39 is 5.97 Å². The van der Waals surface area contributed by atoms with Gasteiger partial charge >= 0.3 is 5.97 Å². The van der Waals surface area contributed by atoms with E-state index >= 15 is 0 Å². The Hall–Kier alpha value is -1.35. The lowest BCUT2D eigenvalue weighted by atomic mass is 9.99. The second-order valence-electron chi connectivity index (χ2n) is 5.35. The van der Waals surface area contributed by atoms with Crippen LogP contribution in [0.15, 0.2) is 18.2 Å². The van der Waals surface area contributed by atoms with E-state index in [1.165, 1.54) is 16.7 Å². The molecule has 1 aromatic rings. The molecule has 0 aromatic heterocycles. The van der Waals surface area contributed by atoms with Crippen LogP contribution < -0.4 is 0 Å². The summed E-state index contributed by atoms with van der Waals surface area (Å²) in [5.41, 5.74) is 3.87. The Labute approximate surface area is 108 Å². The first-order valence-electron chi connectivity index (χ1n) is 6.53. The summed E-state index contributed by atoms with van der Waals surface area (Å²) < 4.78 is 0. The van der Waals surface area contributed by atoms with Gasteiger partial charge in [0.25, 0.3) is 0 Å². The maximum absolute atomic E-state index is 11.0. The predicted molar refractivity (Wildman–Crippen MR) is 71.6 cm³/mol. The molecule has 1 aromatic carbocycles. The molecule has 1 saturated heterocycles. The monoisotopic (exact) mass is 247 g/mol. The average molecular weight is 247 g/mol. The second-order valence-corrected chi connectivity index (χ2v) is 5.35. The summed E-state index contributed by atoms with van der Waals surface area (Å²) in [4.78, 5) is 13.3. The molecule has 0 spiro atoms. The summed E-state index contributed by atoms with van der Waals surface area (Å²) in [5, 5.41) is 9.06. The van der Waals surface area contributed by atoms with E-state index in [0.717, 1.165) is 13.0 Å². The van der Waals surface area contributed by atoms with Crippen LogP contribution in [0.4, 0.5) is 0 Å². The first kappa shape index (κ1) is 13.1. The highest BCUT2D eigenvalue weighted by Gasteiger charge is 2.31. The van der Waals surface area contributed by atoms with Crippen molar-refractivity contribution in [3.05, 3.63) is 34.9 Å². The standard InChI is InChI=1S/C15H21NO2/c1-10-4-5-11(2)14(8-10)12(3)16-7-6-13(9-16)15(17)18/h4-5,8,12-13H,6-7,9H2,1-3H3,(H,17,18). The topological polar surface area (TPSA) is 40.5 Å². The number of carbonyl (C=O) groups is 1. The third-order valence-electron chi connectivity index (χ3n) is 4.00. The molecule has 0 saturated carbocycles. The summed E-state index contributed by atoms with van der Waals surface area (Å²) in [7, 11) is 0. The van der Waals surface area contributed by atoms with Gasteiger partial charge in [0, 0.05) is 12.6 Å². The average Bonchev–Trinajstić information content (AvgIpc) is 2.81. The zero-order chi connectivity index (χ0) is 13.3. The number of hydrogen-bond donors (Lipinski definition) is 1. The third kappa shape index (κ3) is 2.56. The molecule has 1 heterocycles. The Balaban J connectivity index is 2.15. The van der Waals surface area contributed by atoms with E-state index in [2.05, 4.69) is 43.9 Å². The zero-order valence-corrected chi connectivity index (χ0v) is 11.3. The Kier molecular flexibility index (Phi) is 3.71. The number of benzene rings is 1. The van der Waals surface area contributed by atoms with Gasteiger partial charge < -0.3 is 5.11 Å². The van der Waals surface area contributed by atoms with Gasteiger partial charge in [-0.15, -0.1) is 0 Å². The lowest BCUT2D eigenvalue weighted by Gasteiger charge is -2.26. The van der Waals surface area contributed by atoms with E-state index in [-0.39, 0.29) is 5.92 Å². The predicted octanol–water partition coefficient (Wildman–Crippen LogP) is 2.77. The molecule has 3 heteroatoms. The minimum atomic E-state index is -0.661. The Morgan fingerprint density at radius 1 is 1.44 bits per heavy atom. The normalized spacial score (nSPS) is 22.1. The number of carboxylic acid groups (broad SMARTS) is 1. The number of nitrogens with zero attached hydrogens (tertiary/aromatic N) is 1. The van der Waals surface area contributed by atoms with Crippen molar-refractivity contribution in [1.82, 2.24) is 4.90 Å². The van der Waals surface area contributed by atoms with Crippen molar-refractivity contribution in [1.29, 1.82) is 0 Å². The number of aliphatic carboxylic acids is 1. The molecule has 2 rings (SSSR count). The minimum absolute atomic E-state index is 0.197. The molecule has 0 bridgehead atoms. The molecule has 18 heavy (non-hydrogen) atoms. The molecule has 0 aliphatic carbocycles.